The summed E-state index contributed by atoms with van der Waals surface area (Å²) < 4.78 is 1.97. The van der Waals surface area contributed by atoms with Crippen LogP contribution in [0.5, 0.6) is 0 Å². The second-order valence-corrected chi connectivity index (χ2v) is 5.60. The third-order valence-electron chi connectivity index (χ3n) is 3.02. The minimum atomic E-state index is 0.505. The Hall–Kier alpha value is -1.52. The highest BCUT2D eigenvalue weighted by atomic mass is 35.5. The molecule has 2 heterocycles. The summed E-state index contributed by atoms with van der Waals surface area (Å²) >= 11 is 7.97. The summed E-state index contributed by atoms with van der Waals surface area (Å²) in [5.74, 6) is 0.505. The third-order valence-corrected chi connectivity index (χ3v) is 4.33. The van der Waals surface area contributed by atoms with Crippen molar-refractivity contribution in [3.8, 4) is 0 Å². The number of halogens is 1. The molecule has 3 nitrogen and oxygen atoms in total. The zero-order valence-electron chi connectivity index (χ0n) is 9.85. The van der Waals surface area contributed by atoms with Gasteiger partial charge in [0.15, 0.2) is 0 Å². The Morgan fingerprint density at radius 2 is 2.22 bits per heavy atom. The summed E-state index contributed by atoms with van der Waals surface area (Å²) in [5, 5.41) is 2.77. The smallest absolute Gasteiger partial charge is 0.201 e. The highest BCUT2D eigenvalue weighted by Gasteiger charge is 2.12. The van der Waals surface area contributed by atoms with Gasteiger partial charge in [0.1, 0.15) is 0 Å². The lowest BCUT2D eigenvalue weighted by atomic mass is 10.3. The SMILES string of the molecule is Cc1ccsc1Cn1c(N)nc2cccc(Cl)c21. The van der Waals surface area contributed by atoms with Crippen molar-refractivity contribution in [3.63, 3.8) is 0 Å². The molecule has 0 radical (unpaired) electrons. The van der Waals surface area contributed by atoms with E-state index in [0.29, 0.717) is 11.0 Å². The Labute approximate surface area is 114 Å². The molecule has 3 aromatic rings. The van der Waals surface area contributed by atoms with Crippen LogP contribution in [0.3, 0.4) is 0 Å². The lowest BCUT2D eigenvalue weighted by molar-refractivity contribution is 0.848. The number of thiophene rings is 1. The molecule has 0 aliphatic heterocycles. The van der Waals surface area contributed by atoms with Gasteiger partial charge in [0, 0.05) is 4.88 Å². The van der Waals surface area contributed by atoms with Gasteiger partial charge < -0.3 is 10.3 Å². The van der Waals surface area contributed by atoms with E-state index in [1.165, 1.54) is 10.4 Å². The molecule has 18 heavy (non-hydrogen) atoms. The molecule has 2 aromatic heterocycles. The highest BCUT2D eigenvalue weighted by molar-refractivity contribution is 7.10. The molecular weight excluding hydrogens is 266 g/mol. The number of benzene rings is 1. The second kappa shape index (κ2) is 4.30. The number of nitrogens with two attached hydrogens (primary N) is 1. The quantitative estimate of drug-likeness (QED) is 0.776. The summed E-state index contributed by atoms with van der Waals surface area (Å²) in [4.78, 5) is 5.62. The molecule has 5 heteroatoms. The van der Waals surface area contributed by atoms with Gasteiger partial charge in [-0.05, 0) is 36.1 Å². The number of rotatable bonds is 2. The van der Waals surface area contributed by atoms with Crippen LogP contribution in [-0.4, -0.2) is 9.55 Å². The molecule has 0 aliphatic rings. The molecule has 0 aliphatic carbocycles. The van der Waals surface area contributed by atoms with Crippen LogP contribution >= 0.6 is 22.9 Å². The van der Waals surface area contributed by atoms with Crippen LogP contribution in [-0.2, 0) is 6.54 Å². The Balaban J connectivity index is 2.17. The standard InChI is InChI=1S/C13H12ClN3S/c1-8-5-6-18-11(8)7-17-12-9(14)3-2-4-10(12)16-13(17)15/h2-6H,7H2,1H3,(H2,15,16). The number of imidazole rings is 1. The predicted molar refractivity (Wildman–Crippen MR) is 77.3 cm³/mol. The van der Waals surface area contributed by atoms with Crippen LogP contribution in [0.15, 0.2) is 29.6 Å². The van der Waals surface area contributed by atoms with Crippen LogP contribution in [0, 0.1) is 6.92 Å². The molecule has 0 amide bonds. The zero-order chi connectivity index (χ0) is 12.7. The Morgan fingerprint density at radius 1 is 1.39 bits per heavy atom. The van der Waals surface area contributed by atoms with Gasteiger partial charge in [0.25, 0.3) is 0 Å². The molecule has 0 spiro atoms. The first-order valence-electron chi connectivity index (χ1n) is 5.60. The number of aromatic nitrogens is 2. The monoisotopic (exact) mass is 277 g/mol. The van der Waals surface area contributed by atoms with E-state index in [1.54, 1.807) is 11.3 Å². The molecule has 2 N–H and O–H groups in total. The van der Waals surface area contributed by atoms with Gasteiger partial charge in [0.2, 0.25) is 5.95 Å². The van der Waals surface area contributed by atoms with Gasteiger partial charge in [-0.15, -0.1) is 11.3 Å². The summed E-state index contributed by atoms with van der Waals surface area (Å²) in [5.41, 5.74) is 9.01. The molecule has 0 fully saturated rings. The van der Waals surface area contributed by atoms with Crippen molar-refractivity contribution < 1.29 is 0 Å². The first-order chi connectivity index (χ1) is 8.66. The van der Waals surface area contributed by atoms with Crippen LogP contribution in [0.25, 0.3) is 11.0 Å². The Kier molecular flexibility index (Phi) is 2.76. The van der Waals surface area contributed by atoms with E-state index in [-0.39, 0.29) is 0 Å². The van der Waals surface area contributed by atoms with Gasteiger partial charge in [-0.1, -0.05) is 17.7 Å². The van der Waals surface area contributed by atoms with Crippen molar-refractivity contribution >= 4 is 39.9 Å². The highest BCUT2D eigenvalue weighted by Crippen LogP contribution is 2.28. The average molecular weight is 278 g/mol. The minimum absolute atomic E-state index is 0.505. The van der Waals surface area contributed by atoms with Gasteiger partial charge in [-0.3, -0.25) is 0 Å². The Bertz CT molecular complexity index is 714. The lowest BCUT2D eigenvalue weighted by Gasteiger charge is -2.06. The number of hydrogen-bond acceptors (Lipinski definition) is 3. The first-order valence-corrected chi connectivity index (χ1v) is 6.86. The van der Waals surface area contributed by atoms with E-state index >= 15 is 0 Å². The second-order valence-electron chi connectivity index (χ2n) is 4.19. The molecule has 0 unspecified atom stereocenters. The maximum absolute atomic E-state index is 6.24. The summed E-state index contributed by atoms with van der Waals surface area (Å²) in [6.45, 7) is 2.82. The van der Waals surface area contributed by atoms with Crippen molar-refractivity contribution in [3.05, 3.63) is 45.1 Å². The van der Waals surface area contributed by atoms with Crippen LogP contribution in [0.4, 0.5) is 5.95 Å². The van der Waals surface area contributed by atoms with Gasteiger partial charge in [-0.2, -0.15) is 0 Å². The normalized spacial score (nSPS) is 11.2. The molecule has 0 saturated heterocycles. The molecule has 0 saturated carbocycles. The summed E-state index contributed by atoms with van der Waals surface area (Å²) in [6, 6.07) is 7.78. The molecule has 1 aromatic carbocycles. The van der Waals surface area contributed by atoms with Crippen molar-refractivity contribution in [1.82, 2.24) is 9.55 Å². The van der Waals surface area contributed by atoms with E-state index in [0.717, 1.165) is 17.6 Å². The first kappa shape index (κ1) is 11.6. The molecule has 92 valence electrons. The van der Waals surface area contributed by atoms with E-state index in [9.17, 15) is 0 Å². The van der Waals surface area contributed by atoms with Crippen molar-refractivity contribution in [2.45, 2.75) is 13.5 Å². The largest absolute Gasteiger partial charge is 0.369 e. The summed E-state index contributed by atoms with van der Waals surface area (Å²) in [7, 11) is 0. The van der Waals surface area contributed by atoms with E-state index in [4.69, 9.17) is 17.3 Å². The average Bonchev–Trinajstić information content (AvgIpc) is 2.86. The van der Waals surface area contributed by atoms with Crippen LogP contribution in [0.1, 0.15) is 10.4 Å². The number of hydrogen-bond donors (Lipinski definition) is 1. The van der Waals surface area contributed by atoms with E-state index in [2.05, 4.69) is 23.4 Å². The van der Waals surface area contributed by atoms with Crippen LogP contribution < -0.4 is 5.73 Å². The van der Waals surface area contributed by atoms with Crippen LogP contribution in [0.2, 0.25) is 5.02 Å². The summed E-state index contributed by atoms with van der Waals surface area (Å²) in [6.07, 6.45) is 0. The van der Waals surface area contributed by atoms with Crippen molar-refractivity contribution in [2.24, 2.45) is 0 Å². The number of aryl methyl sites for hydroxylation is 1. The fourth-order valence-electron chi connectivity index (χ4n) is 2.03. The molecule has 3 rings (SSSR count). The zero-order valence-corrected chi connectivity index (χ0v) is 11.4. The number of anilines is 1. The number of nitrogens with zero attached hydrogens (tertiary/aromatic N) is 2. The number of fused-ring (bicyclic) bond motifs is 1. The van der Waals surface area contributed by atoms with E-state index < -0.39 is 0 Å². The fraction of sp³-hybridized carbons (Fsp3) is 0.154. The third kappa shape index (κ3) is 1.78. The number of para-hydroxylation sites is 1. The minimum Gasteiger partial charge on any atom is -0.369 e. The van der Waals surface area contributed by atoms with Gasteiger partial charge >= 0.3 is 0 Å². The maximum atomic E-state index is 6.24. The van der Waals surface area contributed by atoms with Crippen molar-refractivity contribution in [1.29, 1.82) is 0 Å². The molecule has 0 bridgehead atoms. The number of nitrogen functional groups attached to an aromatic ring is 1. The lowest BCUT2D eigenvalue weighted by Crippen LogP contribution is -2.04. The van der Waals surface area contributed by atoms with Gasteiger partial charge in [0.05, 0.1) is 22.6 Å². The van der Waals surface area contributed by atoms with Crippen molar-refractivity contribution in [2.75, 3.05) is 5.73 Å². The molecular formula is C13H12ClN3S. The molecule has 0 atom stereocenters. The van der Waals surface area contributed by atoms with E-state index in [1.807, 2.05) is 22.8 Å². The fourth-order valence-corrected chi connectivity index (χ4v) is 3.20. The Morgan fingerprint density at radius 3 is 2.94 bits per heavy atom. The predicted octanol–water partition coefficient (Wildman–Crippen LogP) is 3.69. The van der Waals surface area contributed by atoms with Gasteiger partial charge in [-0.25, -0.2) is 4.98 Å². The topological polar surface area (TPSA) is 43.8 Å². The maximum Gasteiger partial charge on any atom is 0.201 e.